The van der Waals surface area contributed by atoms with Crippen LogP contribution in [0.15, 0.2) is 328 Å². The summed E-state index contributed by atoms with van der Waals surface area (Å²) in [5.41, 5.74) is 25.7. The zero-order chi connectivity index (χ0) is 66.6. The van der Waals surface area contributed by atoms with Crippen molar-refractivity contribution in [3.8, 4) is 100 Å². The Morgan fingerprint density at radius 1 is 0.208 bits per heavy atom. The summed E-state index contributed by atoms with van der Waals surface area (Å²) >= 11 is 3.48. The van der Waals surface area contributed by atoms with Gasteiger partial charge in [0.15, 0.2) is 0 Å². The van der Waals surface area contributed by atoms with Gasteiger partial charge in [-0.05, 0) is 95.7 Å². The van der Waals surface area contributed by atoms with Gasteiger partial charge in [-0.1, -0.05) is 164 Å². The van der Waals surface area contributed by atoms with Crippen molar-refractivity contribution in [1.29, 1.82) is 0 Å². The van der Waals surface area contributed by atoms with Crippen LogP contribution in [0.5, 0.6) is 0 Å². The van der Waals surface area contributed by atoms with E-state index in [4.69, 9.17) is 0 Å². The molecule has 21 rings (SSSR count). The van der Waals surface area contributed by atoms with E-state index in [0.717, 1.165) is 0 Å². The molecule has 0 N–H and O–H groups in total. The van der Waals surface area contributed by atoms with Crippen LogP contribution in [0.25, 0.3) is 205 Å². The molecule has 0 fully saturated rings. The van der Waals surface area contributed by atoms with E-state index in [2.05, 4.69) is 341 Å². The van der Waals surface area contributed by atoms with Gasteiger partial charge in [-0.15, -0.1) is 22.7 Å². The molecule has 18 aromatic carbocycles. The van der Waals surface area contributed by atoms with E-state index in [1.807, 2.05) is 22.7 Å². The van der Waals surface area contributed by atoms with Gasteiger partial charge in [-0.25, -0.2) is 0 Å². The van der Waals surface area contributed by atoms with Crippen LogP contribution in [0.2, 0.25) is 0 Å². The van der Waals surface area contributed by atoms with E-state index in [1.165, 1.54) is 220 Å². The SMILES string of the molecule is Cc1ccccc1-c1c(C)c2c(c3ccccc13)-c1cc(-c3cccc(-c4c5ccccc5c(-c5ccc(-c6cccc7c6sc6c8cc9sc%10ccccc%10c9cc8c(-c8ccc(-c9c%10ccccc%10c(-c%10ccccc%10)c%10ccccc9%10)cc8)cc76)cc5)c5ccccc45)c3)ccc1[I-]2. The zero-order valence-electron chi connectivity index (χ0n) is 55.4. The third-order valence-electron chi connectivity index (χ3n) is 21.7. The molecule has 2 aromatic heterocycles. The molecular formula is C98H60IS2-. The molecular weight excluding hydrogens is 1370 g/mol. The van der Waals surface area contributed by atoms with Crippen molar-refractivity contribution in [2.45, 2.75) is 13.8 Å². The van der Waals surface area contributed by atoms with Crippen molar-refractivity contribution in [3.05, 3.63) is 346 Å². The molecule has 0 amide bonds. The Balaban J connectivity index is 0.664. The monoisotopic (exact) mass is 1430 g/mol. The summed E-state index contributed by atoms with van der Waals surface area (Å²) in [5, 5.41) is 20.6. The fraction of sp³-hybridized carbons (Fsp3) is 0.0204. The van der Waals surface area contributed by atoms with Crippen molar-refractivity contribution in [3.63, 3.8) is 0 Å². The molecule has 1 aliphatic rings. The van der Waals surface area contributed by atoms with Gasteiger partial charge in [-0.2, -0.15) is 0 Å². The van der Waals surface area contributed by atoms with Crippen LogP contribution >= 0.6 is 22.7 Å². The molecule has 20 aromatic rings. The van der Waals surface area contributed by atoms with Crippen LogP contribution in [-0.4, -0.2) is 0 Å². The van der Waals surface area contributed by atoms with Crippen molar-refractivity contribution >= 4 is 128 Å². The fourth-order valence-corrected chi connectivity index (χ4v) is 22.8. The zero-order valence-corrected chi connectivity index (χ0v) is 59.2. The van der Waals surface area contributed by atoms with Crippen LogP contribution in [-0.2, 0) is 0 Å². The molecule has 0 saturated heterocycles. The van der Waals surface area contributed by atoms with Gasteiger partial charge in [0.25, 0.3) is 0 Å². The van der Waals surface area contributed by atoms with E-state index in [9.17, 15) is 0 Å². The Hall–Kier alpha value is -11.3. The Kier molecular flexibility index (Phi) is 13.4. The van der Waals surface area contributed by atoms with Crippen LogP contribution < -0.4 is 21.2 Å². The van der Waals surface area contributed by atoms with Gasteiger partial charge < -0.3 is 0 Å². The third-order valence-corrected chi connectivity index (χ3v) is 27.5. The number of hydrogen-bond donors (Lipinski definition) is 0. The molecule has 0 radical (unpaired) electrons. The Labute approximate surface area is 603 Å². The first-order valence-corrected chi connectivity index (χ1v) is 38.6. The molecule has 3 heteroatoms. The molecule has 3 heterocycles. The number of hydrogen-bond acceptors (Lipinski definition) is 2. The van der Waals surface area contributed by atoms with Crippen LogP contribution in [0.1, 0.15) is 11.1 Å². The second kappa shape index (κ2) is 23.1. The maximum absolute atomic E-state index is 2.51. The minimum absolute atomic E-state index is 0.366. The summed E-state index contributed by atoms with van der Waals surface area (Å²) in [5.74, 6) is 0. The predicted octanol–water partition coefficient (Wildman–Crippen LogP) is 25.4. The van der Waals surface area contributed by atoms with Gasteiger partial charge in [0.05, 0.1) is 0 Å². The van der Waals surface area contributed by atoms with Crippen LogP contribution in [0.4, 0.5) is 0 Å². The number of benzene rings is 18. The third kappa shape index (κ3) is 9.10. The molecule has 0 aliphatic carbocycles. The summed E-state index contributed by atoms with van der Waals surface area (Å²) < 4.78 is 8.34. The molecule has 0 bridgehead atoms. The van der Waals surface area contributed by atoms with Crippen LogP contribution in [0.3, 0.4) is 0 Å². The Bertz CT molecular complexity index is 6790. The van der Waals surface area contributed by atoms with E-state index < -0.39 is 0 Å². The molecule has 0 saturated carbocycles. The summed E-state index contributed by atoms with van der Waals surface area (Å²) in [6.07, 6.45) is 0. The van der Waals surface area contributed by atoms with Crippen LogP contribution in [0, 0.1) is 21.0 Å². The first kappa shape index (κ1) is 58.6. The quantitative estimate of drug-likeness (QED) is 0.105. The summed E-state index contributed by atoms with van der Waals surface area (Å²) in [6, 6.07) is 124. The van der Waals surface area contributed by atoms with Gasteiger partial charge in [0.2, 0.25) is 0 Å². The molecule has 0 atom stereocenters. The number of halogens is 1. The summed E-state index contributed by atoms with van der Waals surface area (Å²) in [7, 11) is 0. The Morgan fingerprint density at radius 2 is 0.634 bits per heavy atom. The number of aryl methyl sites for hydroxylation is 1. The van der Waals surface area contributed by atoms with Gasteiger partial charge in [-0.3, -0.25) is 0 Å². The second-order valence-electron chi connectivity index (χ2n) is 27.2. The molecule has 0 unspecified atom stereocenters. The van der Waals surface area contributed by atoms with E-state index in [-0.39, 0.29) is 21.2 Å². The summed E-state index contributed by atoms with van der Waals surface area (Å²) in [4.78, 5) is 0. The molecule has 101 heavy (non-hydrogen) atoms. The summed E-state index contributed by atoms with van der Waals surface area (Å²) in [6.45, 7) is 4.62. The molecule has 1 aliphatic heterocycles. The first-order chi connectivity index (χ1) is 49.9. The van der Waals surface area contributed by atoms with Gasteiger partial charge in [0, 0.05) is 45.7 Å². The standard InChI is InChI=1S/C98H60IS2/c1-57-22-6-7-27-67(57)90-58(2)96-95(79-38-17-8-29-70(79)90)86-53-65(50-51-87(86)99-96)64-25-20-26-66(52-64)94-77-36-15-13-34-75(77)93(76-35-14-16-37-78(76)94)62-46-42-59(43-47-62)68-39-21-40-80-84-54-81(82-55-83-69-28-18-19-41-88(69)100-89(83)56-85(82)98(84)101-97(68)80)60-44-48-63(49-45-60)92-73-32-11-9-30-71(73)91(61-23-4-3-5-24-61)72-31-10-12-33-74(72)92/h3-56H,1-2H3/q-1. The number of thiophene rings is 2. The Morgan fingerprint density at radius 3 is 1.24 bits per heavy atom. The van der Waals surface area contributed by atoms with Crippen molar-refractivity contribution in [1.82, 2.24) is 0 Å². The van der Waals surface area contributed by atoms with Crippen molar-refractivity contribution in [2.75, 3.05) is 0 Å². The van der Waals surface area contributed by atoms with Gasteiger partial charge >= 0.3 is 281 Å². The fourth-order valence-electron chi connectivity index (χ4n) is 17.1. The first-order valence-electron chi connectivity index (χ1n) is 34.8. The topological polar surface area (TPSA) is 0 Å². The maximum atomic E-state index is 2.51. The van der Waals surface area contributed by atoms with E-state index in [0.29, 0.717) is 0 Å². The van der Waals surface area contributed by atoms with Crippen molar-refractivity contribution in [2.24, 2.45) is 0 Å². The second-order valence-corrected chi connectivity index (χ2v) is 32.1. The molecule has 0 spiro atoms. The van der Waals surface area contributed by atoms with E-state index >= 15 is 0 Å². The normalized spacial score (nSPS) is 12.3. The predicted molar refractivity (Wildman–Crippen MR) is 433 cm³/mol. The van der Waals surface area contributed by atoms with E-state index in [1.54, 1.807) is 3.57 Å². The average Bonchev–Trinajstić information content (AvgIpc) is 1.72. The minimum atomic E-state index is -0.366. The number of fused-ring (bicyclic) bond motifs is 17. The van der Waals surface area contributed by atoms with Crippen molar-refractivity contribution < 1.29 is 21.2 Å². The van der Waals surface area contributed by atoms with Gasteiger partial charge in [0.1, 0.15) is 0 Å². The molecule has 472 valence electrons. The molecule has 0 nitrogen and oxygen atoms in total. The average molecular weight is 1430 g/mol. The number of rotatable bonds is 8.